The molecule has 1 amide bonds. The number of carbonyl (C=O) groups excluding carboxylic acids is 1. The first kappa shape index (κ1) is 25.2. The molecule has 12 heteroatoms. The second-order valence-corrected chi connectivity index (χ2v) is 9.86. The largest absolute Gasteiger partial charge is 0.416 e. The van der Waals surface area contributed by atoms with Gasteiger partial charge in [-0.15, -0.1) is 11.3 Å². The molecule has 3 aromatic heterocycles. The highest BCUT2D eigenvalue weighted by Gasteiger charge is 2.30. The van der Waals surface area contributed by atoms with Crippen LogP contribution < -0.4 is 10.6 Å². The quantitative estimate of drug-likeness (QED) is 0.354. The molecule has 2 N–H and O–H groups in total. The maximum atomic E-state index is 12.8. The maximum Gasteiger partial charge on any atom is 0.416 e. The van der Waals surface area contributed by atoms with Gasteiger partial charge >= 0.3 is 6.18 Å². The van der Waals surface area contributed by atoms with Gasteiger partial charge in [-0.05, 0) is 30.2 Å². The van der Waals surface area contributed by atoms with E-state index in [0.717, 1.165) is 32.2 Å². The highest BCUT2D eigenvalue weighted by atomic mass is 32.1. The number of anilines is 1. The third kappa shape index (κ3) is 5.84. The average Bonchev–Trinajstić information content (AvgIpc) is 3.41. The molecular weight excluding hydrogens is 499 g/mol. The van der Waals surface area contributed by atoms with Gasteiger partial charge < -0.3 is 10.5 Å². The third-order valence-electron chi connectivity index (χ3n) is 5.16. The number of rotatable bonds is 8. The minimum absolute atomic E-state index is 0.152. The molecule has 0 unspecified atom stereocenters. The van der Waals surface area contributed by atoms with Crippen molar-refractivity contribution in [1.82, 2.24) is 15.0 Å². The Bertz CT molecular complexity index is 1290. The van der Waals surface area contributed by atoms with Crippen LogP contribution in [0.3, 0.4) is 0 Å². The molecule has 0 saturated heterocycles. The molecule has 0 spiro atoms. The molecule has 4 aromatic rings. The van der Waals surface area contributed by atoms with E-state index >= 15 is 0 Å². The van der Waals surface area contributed by atoms with Gasteiger partial charge in [-0.3, -0.25) is 14.7 Å². The first-order valence-electron chi connectivity index (χ1n) is 10.5. The van der Waals surface area contributed by atoms with Crippen molar-refractivity contribution in [1.29, 1.82) is 0 Å². The lowest BCUT2D eigenvalue weighted by Gasteiger charge is -2.22. The number of carbonyl (C=O) groups is 1. The van der Waals surface area contributed by atoms with E-state index in [4.69, 9.17) is 10.5 Å². The number of methoxy groups -OCH3 is 1. The normalized spacial score (nSPS) is 12.7. The third-order valence-corrected chi connectivity index (χ3v) is 7.44. The van der Waals surface area contributed by atoms with Crippen molar-refractivity contribution >= 4 is 43.9 Å². The van der Waals surface area contributed by atoms with Gasteiger partial charge in [-0.2, -0.15) is 13.2 Å². The van der Waals surface area contributed by atoms with E-state index in [2.05, 4.69) is 15.0 Å². The average molecular weight is 522 g/mol. The van der Waals surface area contributed by atoms with Gasteiger partial charge in [0.2, 0.25) is 5.91 Å². The number of nitrogens with two attached hydrogens (primary N) is 1. The summed E-state index contributed by atoms with van der Waals surface area (Å²) in [5, 5.41) is 1.21. The van der Waals surface area contributed by atoms with Crippen LogP contribution in [0.4, 0.5) is 18.3 Å². The molecule has 0 radical (unpaired) electrons. The fourth-order valence-electron chi connectivity index (χ4n) is 3.51. The number of aromatic nitrogens is 3. The Labute approximate surface area is 207 Å². The van der Waals surface area contributed by atoms with Crippen molar-refractivity contribution in [2.45, 2.75) is 32.2 Å². The van der Waals surface area contributed by atoms with E-state index < -0.39 is 17.8 Å². The van der Waals surface area contributed by atoms with Crippen molar-refractivity contribution < 1.29 is 22.7 Å². The van der Waals surface area contributed by atoms with Crippen LogP contribution in [0.5, 0.6) is 0 Å². The van der Waals surface area contributed by atoms with Crippen LogP contribution in [0.1, 0.15) is 23.7 Å². The Morgan fingerprint density at radius 3 is 2.54 bits per heavy atom. The zero-order chi connectivity index (χ0) is 25.2. The van der Waals surface area contributed by atoms with Gasteiger partial charge in [0.25, 0.3) is 0 Å². The molecule has 0 fully saturated rings. The Morgan fingerprint density at radius 1 is 1.17 bits per heavy atom. The first-order chi connectivity index (χ1) is 16.7. The molecule has 0 bridgehead atoms. The molecule has 0 aliphatic heterocycles. The number of nitrogens with zero attached hydrogens (tertiary/aromatic N) is 4. The summed E-state index contributed by atoms with van der Waals surface area (Å²) in [4.78, 5) is 28.2. The molecular formula is C23H22F3N5O2S2. The Kier molecular flexibility index (Phi) is 7.45. The molecule has 0 aliphatic rings. The van der Waals surface area contributed by atoms with Crippen molar-refractivity contribution in [2.75, 3.05) is 18.6 Å². The number of pyridine rings is 1. The number of thiazole rings is 2. The molecule has 184 valence electrons. The Balaban J connectivity index is 1.56. The lowest BCUT2D eigenvalue weighted by molar-refractivity contribution is -0.137. The van der Waals surface area contributed by atoms with Crippen molar-refractivity contribution in [3.8, 4) is 9.88 Å². The van der Waals surface area contributed by atoms with Crippen LogP contribution in [-0.4, -0.2) is 40.6 Å². The standard InChI is InChI=1S/C23H22F3N5O2S2/c1-13(32)31(11-16(27)9-14-3-5-15(6-4-14)23(24,25)26)22-30-18(12-33-2)20(35-22)21-29-17-7-8-28-10-19(17)34-21/h3-8,10,16H,9,11-12,27H2,1-2H3/t16-/m0/s1. The van der Waals surface area contributed by atoms with Crippen LogP contribution in [0.15, 0.2) is 42.7 Å². The van der Waals surface area contributed by atoms with Gasteiger partial charge in [0.05, 0.1) is 33.0 Å². The van der Waals surface area contributed by atoms with Crippen LogP contribution in [0.25, 0.3) is 20.1 Å². The number of benzene rings is 1. The van der Waals surface area contributed by atoms with Crippen LogP contribution >= 0.6 is 22.7 Å². The summed E-state index contributed by atoms with van der Waals surface area (Å²) in [6, 6.07) is 6.18. The van der Waals surface area contributed by atoms with Gasteiger partial charge in [-0.1, -0.05) is 23.5 Å². The second kappa shape index (κ2) is 10.4. The monoisotopic (exact) mass is 521 g/mol. The van der Waals surface area contributed by atoms with Crippen molar-refractivity contribution in [2.24, 2.45) is 5.73 Å². The summed E-state index contributed by atoms with van der Waals surface area (Å²) in [7, 11) is 1.56. The van der Waals surface area contributed by atoms with E-state index in [1.807, 2.05) is 6.07 Å². The van der Waals surface area contributed by atoms with E-state index in [0.29, 0.717) is 22.8 Å². The molecule has 4 rings (SSSR count). The number of amides is 1. The number of halogens is 3. The lowest BCUT2D eigenvalue weighted by atomic mass is 10.0. The zero-order valence-corrected chi connectivity index (χ0v) is 20.5. The smallest absolute Gasteiger partial charge is 0.378 e. The molecule has 0 aliphatic carbocycles. The molecule has 1 aromatic carbocycles. The lowest BCUT2D eigenvalue weighted by Crippen LogP contribution is -2.41. The number of hydrogen-bond donors (Lipinski definition) is 1. The summed E-state index contributed by atoms with van der Waals surface area (Å²) in [6.07, 6.45) is -0.670. The van der Waals surface area contributed by atoms with Crippen LogP contribution in [0, 0.1) is 0 Å². The number of hydrogen-bond acceptors (Lipinski definition) is 8. The highest BCUT2D eigenvalue weighted by Crippen LogP contribution is 2.39. The van der Waals surface area contributed by atoms with Crippen molar-refractivity contribution in [3.05, 3.63) is 59.5 Å². The number of fused-ring (bicyclic) bond motifs is 1. The van der Waals surface area contributed by atoms with Crippen LogP contribution in [-0.2, 0) is 28.7 Å². The van der Waals surface area contributed by atoms with Gasteiger partial charge in [0.15, 0.2) is 5.13 Å². The second-order valence-electron chi connectivity index (χ2n) is 7.86. The number of alkyl halides is 3. The summed E-state index contributed by atoms with van der Waals surface area (Å²) in [5.41, 5.74) is 7.70. The molecule has 1 atom stereocenters. The minimum atomic E-state index is -4.39. The molecule has 0 saturated carbocycles. The summed E-state index contributed by atoms with van der Waals surface area (Å²) in [5.74, 6) is -0.245. The van der Waals surface area contributed by atoms with Gasteiger partial charge in [0, 0.05) is 39.0 Å². The van der Waals surface area contributed by atoms with Crippen molar-refractivity contribution in [3.63, 3.8) is 0 Å². The fraction of sp³-hybridized carbons (Fsp3) is 0.304. The molecule has 35 heavy (non-hydrogen) atoms. The van der Waals surface area contributed by atoms with Gasteiger partial charge in [0.1, 0.15) is 5.01 Å². The molecule has 7 nitrogen and oxygen atoms in total. The Morgan fingerprint density at radius 2 is 1.91 bits per heavy atom. The van der Waals surface area contributed by atoms with E-state index in [1.54, 1.807) is 19.5 Å². The summed E-state index contributed by atoms with van der Waals surface area (Å²) >= 11 is 2.79. The fourth-order valence-corrected chi connectivity index (χ4v) is 5.66. The topological polar surface area (TPSA) is 94.2 Å². The summed E-state index contributed by atoms with van der Waals surface area (Å²) in [6.45, 7) is 1.81. The first-order valence-corrected chi connectivity index (χ1v) is 12.2. The van der Waals surface area contributed by atoms with Crippen LogP contribution in [0.2, 0.25) is 0 Å². The number of ether oxygens (including phenoxy) is 1. The predicted molar refractivity (Wildman–Crippen MR) is 130 cm³/mol. The Hall–Kier alpha value is -2.93. The van der Waals surface area contributed by atoms with Gasteiger partial charge in [-0.25, -0.2) is 9.97 Å². The SMILES string of the molecule is COCc1nc(N(C[C@@H](N)Cc2ccc(C(F)(F)F)cc2)C(C)=O)sc1-c1nc2ccncc2s1. The highest BCUT2D eigenvalue weighted by molar-refractivity contribution is 7.26. The zero-order valence-electron chi connectivity index (χ0n) is 18.9. The maximum absolute atomic E-state index is 12.8. The summed E-state index contributed by atoms with van der Waals surface area (Å²) < 4.78 is 44.7. The predicted octanol–water partition coefficient (Wildman–Crippen LogP) is 4.90. The van der Waals surface area contributed by atoms with E-state index in [1.165, 1.54) is 46.6 Å². The van der Waals surface area contributed by atoms with E-state index in [9.17, 15) is 18.0 Å². The van der Waals surface area contributed by atoms with E-state index in [-0.39, 0.29) is 19.1 Å². The molecule has 3 heterocycles. The minimum Gasteiger partial charge on any atom is -0.378 e.